The van der Waals surface area contributed by atoms with Gasteiger partial charge in [-0.25, -0.2) is 8.78 Å². The van der Waals surface area contributed by atoms with Crippen LogP contribution >= 0.6 is 0 Å². The Morgan fingerprint density at radius 2 is 1.92 bits per heavy atom. The van der Waals surface area contributed by atoms with Crippen molar-refractivity contribution in [3.63, 3.8) is 0 Å². The summed E-state index contributed by atoms with van der Waals surface area (Å²) in [6.07, 6.45) is 1.57. The summed E-state index contributed by atoms with van der Waals surface area (Å²) < 4.78 is 32.2. The predicted molar refractivity (Wildman–Crippen MR) is 90.9 cm³/mol. The monoisotopic (exact) mass is 352 g/mol. The largest absolute Gasteiger partial charge is 0.369 e. The number of benzene rings is 1. The first kappa shape index (κ1) is 18.3. The number of halogens is 2. The van der Waals surface area contributed by atoms with E-state index in [9.17, 15) is 13.6 Å². The van der Waals surface area contributed by atoms with Gasteiger partial charge in [0.1, 0.15) is 11.6 Å². The van der Waals surface area contributed by atoms with E-state index in [0.29, 0.717) is 18.0 Å². The SMILES string of the molecule is CO[C@H]1C(=O)N(C(C)C)[C@H]1C1CCN(Cc2ccc(F)cc2F)CC1. The molecule has 3 rings (SSSR count). The maximum atomic E-state index is 13.8. The lowest BCUT2D eigenvalue weighted by molar-refractivity contribution is -0.181. The molecule has 0 N–H and O–H groups in total. The van der Waals surface area contributed by atoms with E-state index in [1.54, 1.807) is 7.11 Å². The number of β-lactam (4-membered cyclic amide) rings is 1. The molecule has 0 radical (unpaired) electrons. The Labute approximate surface area is 147 Å². The van der Waals surface area contributed by atoms with Crippen LogP contribution in [-0.2, 0) is 16.1 Å². The van der Waals surface area contributed by atoms with Gasteiger partial charge in [0.25, 0.3) is 5.91 Å². The molecule has 1 aromatic carbocycles. The highest BCUT2D eigenvalue weighted by Gasteiger charge is 2.52. The van der Waals surface area contributed by atoms with Gasteiger partial charge in [0, 0.05) is 31.3 Å². The van der Waals surface area contributed by atoms with Gasteiger partial charge in [-0.05, 0) is 51.8 Å². The maximum Gasteiger partial charge on any atom is 0.254 e. The number of piperidine rings is 1. The number of likely N-dealkylation sites (tertiary alicyclic amines) is 2. The van der Waals surface area contributed by atoms with Crippen LogP contribution in [0.5, 0.6) is 0 Å². The Kier molecular flexibility index (Phi) is 5.39. The van der Waals surface area contributed by atoms with Crippen LogP contribution in [0.4, 0.5) is 8.78 Å². The molecule has 0 aliphatic carbocycles. The van der Waals surface area contributed by atoms with E-state index in [0.717, 1.165) is 32.0 Å². The summed E-state index contributed by atoms with van der Waals surface area (Å²) in [5.41, 5.74) is 0.525. The predicted octanol–water partition coefficient (Wildman–Crippen LogP) is 2.81. The lowest BCUT2D eigenvalue weighted by atomic mass is 9.79. The average molecular weight is 352 g/mol. The molecule has 0 saturated carbocycles. The van der Waals surface area contributed by atoms with Gasteiger partial charge in [-0.15, -0.1) is 0 Å². The molecular weight excluding hydrogens is 326 g/mol. The molecule has 0 spiro atoms. The average Bonchev–Trinajstić information content (AvgIpc) is 2.56. The number of amides is 1. The van der Waals surface area contributed by atoms with Crippen LogP contribution in [0.15, 0.2) is 18.2 Å². The minimum atomic E-state index is -0.547. The minimum absolute atomic E-state index is 0.0818. The first-order valence-corrected chi connectivity index (χ1v) is 8.93. The first-order chi connectivity index (χ1) is 11.9. The Balaban J connectivity index is 1.59. The molecule has 0 bridgehead atoms. The van der Waals surface area contributed by atoms with Crippen LogP contribution in [-0.4, -0.2) is 54.1 Å². The van der Waals surface area contributed by atoms with Crippen molar-refractivity contribution < 1.29 is 18.3 Å². The highest BCUT2D eigenvalue weighted by Crippen LogP contribution is 2.36. The van der Waals surface area contributed by atoms with Crippen molar-refractivity contribution in [1.82, 2.24) is 9.80 Å². The summed E-state index contributed by atoms with van der Waals surface area (Å²) >= 11 is 0. The maximum absolute atomic E-state index is 13.8. The highest BCUT2D eigenvalue weighted by molar-refractivity contribution is 5.88. The molecular formula is C19H26F2N2O2. The van der Waals surface area contributed by atoms with Crippen molar-refractivity contribution in [3.8, 4) is 0 Å². The van der Waals surface area contributed by atoms with Crippen molar-refractivity contribution in [2.45, 2.75) is 51.4 Å². The van der Waals surface area contributed by atoms with Crippen molar-refractivity contribution in [1.29, 1.82) is 0 Å². The van der Waals surface area contributed by atoms with Gasteiger partial charge in [0.05, 0.1) is 6.04 Å². The highest BCUT2D eigenvalue weighted by atomic mass is 19.1. The van der Waals surface area contributed by atoms with Crippen LogP contribution in [0.25, 0.3) is 0 Å². The van der Waals surface area contributed by atoms with Crippen molar-refractivity contribution in [2.24, 2.45) is 5.92 Å². The normalized spacial score (nSPS) is 25.5. The molecule has 2 atom stereocenters. The molecule has 2 saturated heterocycles. The number of methoxy groups -OCH3 is 1. The van der Waals surface area contributed by atoms with Gasteiger partial charge in [-0.2, -0.15) is 0 Å². The van der Waals surface area contributed by atoms with Crippen LogP contribution in [0.3, 0.4) is 0 Å². The lowest BCUT2D eigenvalue weighted by Gasteiger charge is -2.53. The van der Waals surface area contributed by atoms with Gasteiger partial charge >= 0.3 is 0 Å². The van der Waals surface area contributed by atoms with Crippen LogP contribution in [0, 0.1) is 17.6 Å². The van der Waals surface area contributed by atoms with Gasteiger partial charge in [-0.3, -0.25) is 9.69 Å². The molecule has 2 aliphatic rings. The van der Waals surface area contributed by atoms with E-state index in [4.69, 9.17) is 4.74 Å². The van der Waals surface area contributed by atoms with Gasteiger partial charge in [0.15, 0.2) is 6.10 Å². The Morgan fingerprint density at radius 1 is 1.24 bits per heavy atom. The molecule has 4 nitrogen and oxygen atoms in total. The molecule has 2 aliphatic heterocycles. The standard InChI is InChI=1S/C19H26F2N2O2/c1-12(2)23-17(18(25-3)19(23)24)13-6-8-22(9-7-13)11-14-4-5-15(20)10-16(14)21/h4-5,10,12-13,17-18H,6-9,11H2,1-3H3/t17-,18+/m0/s1. The molecule has 2 fully saturated rings. The fraction of sp³-hybridized carbons (Fsp3) is 0.632. The van der Waals surface area contributed by atoms with Crippen LogP contribution in [0.2, 0.25) is 0 Å². The number of carbonyl (C=O) groups excluding carboxylic acids is 1. The second-order valence-corrected chi connectivity index (χ2v) is 7.34. The van der Waals surface area contributed by atoms with Crippen LogP contribution in [0.1, 0.15) is 32.3 Å². The fourth-order valence-corrected chi connectivity index (χ4v) is 4.16. The Morgan fingerprint density at radius 3 is 2.48 bits per heavy atom. The molecule has 25 heavy (non-hydrogen) atoms. The summed E-state index contributed by atoms with van der Waals surface area (Å²) in [5.74, 6) is -0.552. The summed E-state index contributed by atoms with van der Waals surface area (Å²) in [4.78, 5) is 16.3. The second-order valence-electron chi connectivity index (χ2n) is 7.34. The number of hydrogen-bond donors (Lipinski definition) is 0. The van der Waals surface area contributed by atoms with Crippen molar-refractivity contribution >= 4 is 5.91 Å². The number of nitrogens with zero attached hydrogens (tertiary/aromatic N) is 2. The number of carbonyl (C=O) groups is 1. The van der Waals surface area contributed by atoms with Gasteiger partial charge < -0.3 is 9.64 Å². The second kappa shape index (κ2) is 7.38. The van der Waals surface area contributed by atoms with E-state index in [-0.39, 0.29) is 24.1 Å². The van der Waals surface area contributed by atoms with Crippen molar-refractivity contribution in [2.75, 3.05) is 20.2 Å². The lowest BCUT2D eigenvalue weighted by Crippen LogP contribution is -2.70. The van der Waals surface area contributed by atoms with E-state index in [2.05, 4.69) is 4.90 Å². The zero-order valence-corrected chi connectivity index (χ0v) is 15.0. The molecule has 1 amide bonds. The van der Waals surface area contributed by atoms with Crippen molar-refractivity contribution in [3.05, 3.63) is 35.4 Å². The molecule has 138 valence electrons. The van der Waals surface area contributed by atoms with E-state index in [1.165, 1.54) is 12.1 Å². The molecule has 6 heteroatoms. The Bertz CT molecular complexity index is 630. The number of rotatable bonds is 5. The zero-order valence-electron chi connectivity index (χ0n) is 15.0. The number of hydrogen-bond acceptors (Lipinski definition) is 3. The third kappa shape index (κ3) is 3.55. The first-order valence-electron chi connectivity index (χ1n) is 8.93. The minimum Gasteiger partial charge on any atom is -0.369 e. The fourth-order valence-electron chi connectivity index (χ4n) is 4.16. The third-order valence-electron chi connectivity index (χ3n) is 5.46. The van der Waals surface area contributed by atoms with Gasteiger partial charge in [0.2, 0.25) is 0 Å². The summed E-state index contributed by atoms with van der Waals surface area (Å²) in [6, 6.07) is 4.07. The molecule has 2 heterocycles. The van der Waals surface area contributed by atoms with E-state index in [1.807, 2.05) is 18.7 Å². The quantitative estimate of drug-likeness (QED) is 0.764. The Hall–Kier alpha value is -1.53. The molecule has 0 aromatic heterocycles. The smallest absolute Gasteiger partial charge is 0.254 e. The molecule has 0 unspecified atom stereocenters. The topological polar surface area (TPSA) is 32.8 Å². The van der Waals surface area contributed by atoms with E-state index < -0.39 is 11.6 Å². The number of ether oxygens (including phenoxy) is 1. The summed E-state index contributed by atoms with van der Waals surface area (Å²) in [7, 11) is 1.60. The van der Waals surface area contributed by atoms with E-state index >= 15 is 0 Å². The molecule has 1 aromatic rings. The third-order valence-corrected chi connectivity index (χ3v) is 5.46. The zero-order chi connectivity index (χ0) is 18.1. The summed E-state index contributed by atoms with van der Waals surface area (Å²) in [5, 5.41) is 0. The van der Waals surface area contributed by atoms with Crippen LogP contribution < -0.4 is 0 Å². The summed E-state index contributed by atoms with van der Waals surface area (Å²) in [6.45, 7) is 6.24. The van der Waals surface area contributed by atoms with Gasteiger partial charge in [-0.1, -0.05) is 6.07 Å².